The third-order valence-corrected chi connectivity index (χ3v) is 9.16. The van der Waals surface area contributed by atoms with E-state index in [2.05, 4.69) is 3.63 Å². The van der Waals surface area contributed by atoms with Gasteiger partial charge in [-0.1, -0.05) is 42.5 Å². The Labute approximate surface area is 168 Å². The van der Waals surface area contributed by atoms with Gasteiger partial charge in [0.2, 0.25) is 0 Å². The summed E-state index contributed by atoms with van der Waals surface area (Å²) in [5.74, 6) is 0.380. The monoisotopic (exact) mass is 443 g/mol. The average Bonchev–Trinajstić information content (AvgIpc) is 2.72. The van der Waals surface area contributed by atoms with Gasteiger partial charge >= 0.3 is 15.6 Å². The molecule has 0 saturated heterocycles. The summed E-state index contributed by atoms with van der Waals surface area (Å²) >= 11 is 0. The lowest BCUT2D eigenvalue weighted by Gasteiger charge is -2.34. The molecule has 3 aromatic carbocycles. The van der Waals surface area contributed by atoms with Crippen molar-refractivity contribution >= 4 is 20.4 Å². The van der Waals surface area contributed by atoms with Gasteiger partial charge in [0, 0.05) is 0 Å². The minimum absolute atomic E-state index is 0.307. The number of hydrogen-bond donors (Lipinski definition) is 0. The van der Waals surface area contributed by atoms with Crippen molar-refractivity contribution in [1.29, 1.82) is 0 Å². The first-order valence-corrected chi connectivity index (χ1v) is 11.4. The van der Waals surface area contributed by atoms with Crippen LogP contribution in [0.4, 0.5) is 13.2 Å². The van der Waals surface area contributed by atoms with Crippen LogP contribution < -0.4 is 4.74 Å². The first-order valence-electron chi connectivity index (χ1n) is 8.34. The number of methoxy groups -OCH3 is 1. The summed E-state index contributed by atoms with van der Waals surface area (Å²) in [6.45, 7) is 0. The van der Waals surface area contributed by atoms with E-state index in [9.17, 15) is 21.6 Å². The molecular weight excluding hydrogens is 425 g/mol. The van der Waals surface area contributed by atoms with Gasteiger partial charge in [-0.25, -0.2) is 0 Å². The molecule has 0 fully saturated rings. The molecule has 154 valence electrons. The van der Waals surface area contributed by atoms with Crippen molar-refractivity contribution in [2.75, 3.05) is 7.11 Å². The van der Waals surface area contributed by atoms with Crippen molar-refractivity contribution in [3.8, 4) is 5.75 Å². The zero-order valence-corrected chi connectivity index (χ0v) is 16.8. The number of benzene rings is 3. The molecule has 0 amide bonds. The summed E-state index contributed by atoms with van der Waals surface area (Å²) < 4.78 is 73.4. The topological polar surface area (TPSA) is 56.2 Å². The van der Waals surface area contributed by atoms with Gasteiger partial charge in [0.25, 0.3) is 0 Å². The van der Waals surface area contributed by atoms with Crippen LogP contribution in [-0.4, -0.2) is 24.7 Å². The van der Waals surface area contributed by atoms with E-state index in [4.69, 9.17) is 4.74 Å². The van der Waals surface area contributed by atoms with Gasteiger partial charge in [-0.05, 0) is 42.5 Å². The zero-order valence-electron chi connectivity index (χ0n) is 15.2. The molecule has 0 aliphatic carbocycles. The van der Waals surface area contributed by atoms with E-state index < -0.39 is 25.9 Å². The van der Waals surface area contributed by atoms with Gasteiger partial charge in [0.15, 0.2) is 0 Å². The Bertz CT molecular complexity index is 1030. The molecule has 1 N–H and O–H groups in total. The van der Waals surface area contributed by atoms with Crippen LogP contribution in [0, 0.1) is 0 Å². The molecule has 0 heterocycles. The first kappa shape index (κ1) is 21.2. The van der Waals surface area contributed by atoms with Crippen molar-refractivity contribution in [3.05, 3.63) is 84.9 Å². The molecular formula is C20H18F3O4S2+. The van der Waals surface area contributed by atoms with Gasteiger partial charge in [0.1, 0.15) is 5.75 Å². The van der Waals surface area contributed by atoms with E-state index >= 15 is 0 Å². The van der Waals surface area contributed by atoms with Crippen LogP contribution in [0.5, 0.6) is 5.75 Å². The number of rotatable bonds is 6. The maximum absolute atomic E-state index is 13.4. The van der Waals surface area contributed by atoms with Crippen LogP contribution in [0.2, 0.25) is 0 Å². The fourth-order valence-corrected chi connectivity index (χ4v) is 7.78. The predicted octanol–water partition coefficient (Wildman–Crippen LogP) is 5.84. The standard InChI is InChI=1S/C20H17F3O4S2/c1-26-16-9-8-14-19(15-16)28(17-10-4-2-5-11-17,18-12-6-3-7-13-18)27-29(24,25)20(21,22)23/h2-15H,1H3/p+1. The minimum Gasteiger partial charge on any atom is -0.497 e. The van der Waals surface area contributed by atoms with Crippen LogP contribution in [0.15, 0.2) is 99.6 Å². The quantitative estimate of drug-likeness (QED) is 0.273. The normalized spacial score (nSPS) is 13.1. The SMILES string of the molecule is COc1cccc(S([OH+]S(=O)(=O)C(F)(F)F)(c2ccccc2)c2ccccc2)c1. The van der Waals surface area contributed by atoms with E-state index in [-0.39, 0.29) is 0 Å². The van der Waals surface area contributed by atoms with Crippen LogP contribution in [0.25, 0.3) is 0 Å². The Hall–Kier alpha value is -2.49. The van der Waals surface area contributed by atoms with Crippen molar-refractivity contribution in [3.63, 3.8) is 0 Å². The largest absolute Gasteiger partial charge is 0.572 e. The van der Waals surface area contributed by atoms with Gasteiger partial charge < -0.3 is 4.74 Å². The number of halogens is 3. The summed E-state index contributed by atoms with van der Waals surface area (Å²) in [5.41, 5.74) is -5.52. The molecule has 4 nitrogen and oxygen atoms in total. The molecule has 3 aromatic rings. The van der Waals surface area contributed by atoms with Gasteiger partial charge in [0.05, 0.1) is 32.1 Å². The second kappa shape index (κ2) is 8.10. The Morgan fingerprint density at radius 1 is 0.759 bits per heavy atom. The Kier molecular flexibility index (Phi) is 5.92. The first-order chi connectivity index (χ1) is 13.7. The average molecular weight is 443 g/mol. The lowest BCUT2D eigenvalue weighted by molar-refractivity contribution is -0.0540. The summed E-state index contributed by atoms with van der Waals surface area (Å²) in [5, 5.41) is 0. The highest BCUT2D eigenvalue weighted by Gasteiger charge is 2.57. The molecule has 0 radical (unpaired) electrons. The highest BCUT2D eigenvalue weighted by atomic mass is 32.3. The molecule has 3 rings (SSSR count). The Balaban J connectivity index is 2.40. The molecule has 0 unspecified atom stereocenters. The van der Waals surface area contributed by atoms with Crippen molar-refractivity contribution in [2.24, 2.45) is 0 Å². The van der Waals surface area contributed by atoms with Gasteiger partial charge in [-0.2, -0.15) is 13.2 Å². The molecule has 0 aliphatic rings. The highest BCUT2D eigenvalue weighted by molar-refractivity contribution is 8.32. The van der Waals surface area contributed by atoms with Crippen LogP contribution in [0.1, 0.15) is 0 Å². The molecule has 0 aromatic heterocycles. The van der Waals surface area contributed by atoms with Crippen LogP contribution >= 0.6 is 10.3 Å². The minimum atomic E-state index is -5.80. The molecule has 9 heteroatoms. The van der Waals surface area contributed by atoms with Crippen LogP contribution in [0.3, 0.4) is 0 Å². The smallest absolute Gasteiger partial charge is 0.497 e. The lowest BCUT2D eigenvalue weighted by Crippen LogP contribution is -2.30. The number of hydrogen-bond acceptors (Lipinski definition) is 3. The molecule has 0 spiro atoms. The molecule has 0 aliphatic heterocycles. The maximum Gasteiger partial charge on any atom is 0.572 e. The maximum atomic E-state index is 13.4. The fraction of sp³-hybridized carbons (Fsp3) is 0.100. The van der Waals surface area contributed by atoms with E-state index in [1.165, 1.54) is 13.2 Å². The fourth-order valence-electron chi connectivity index (χ4n) is 2.75. The third-order valence-electron chi connectivity index (χ3n) is 4.05. The highest BCUT2D eigenvalue weighted by Crippen LogP contribution is 2.69. The van der Waals surface area contributed by atoms with Crippen molar-refractivity contribution in [2.45, 2.75) is 20.2 Å². The Morgan fingerprint density at radius 2 is 1.24 bits per heavy atom. The Morgan fingerprint density at radius 3 is 1.69 bits per heavy atom. The van der Waals surface area contributed by atoms with E-state index in [0.717, 1.165) is 0 Å². The lowest BCUT2D eigenvalue weighted by atomic mass is 10.3. The van der Waals surface area contributed by atoms with Gasteiger partial charge in [-0.3, -0.25) is 3.63 Å². The summed E-state index contributed by atoms with van der Waals surface area (Å²) in [6, 6.07) is 22.6. The van der Waals surface area contributed by atoms with E-state index in [1.54, 1.807) is 78.9 Å². The van der Waals surface area contributed by atoms with E-state index in [1.807, 2.05) is 0 Å². The summed E-state index contributed by atoms with van der Waals surface area (Å²) in [6.07, 6.45) is 0. The zero-order chi connectivity index (χ0) is 21.1. The number of ether oxygens (including phenoxy) is 1. The number of alkyl halides is 3. The van der Waals surface area contributed by atoms with Gasteiger partial charge in [-0.15, -0.1) is 8.42 Å². The second-order valence-corrected chi connectivity index (χ2v) is 10.5. The predicted molar refractivity (Wildman–Crippen MR) is 106 cm³/mol. The molecule has 0 bridgehead atoms. The molecule has 0 saturated carbocycles. The molecule has 29 heavy (non-hydrogen) atoms. The summed E-state index contributed by atoms with van der Waals surface area (Å²) in [4.78, 5) is 1.02. The second-order valence-electron chi connectivity index (χ2n) is 5.88. The van der Waals surface area contributed by atoms with Crippen LogP contribution in [-0.2, 0) is 10.1 Å². The van der Waals surface area contributed by atoms with E-state index in [0.29, 0.717) is 20.4 Å². The molecule has 0 atom stereocenters. The van der Waals surface area contributed by atoms with Crippen molar-refractivity contribution < 1.29 is 30.0 Å². The van der Waals surface area contributed by atoms with Crippen molar-refractivity contribution in [1.82, 2.24) is 0 Å². The third kappa shape index (κ3) is 4.12. The summed E-state index contributed by atoms with van der Waals surface area (Å²) in [7, 11) is -7.55.